The number of aliphatic hydroxyl groups is 1. The smallest absolute Gasteiger partial charge is 0.356 e. The van der Waals surface area contributed by atoms with E-state index in [2.05, 4.69) is 9.97 Å². The maximum Gasteiger partial charge on any atom is 0.356 e. The lowest BCUT2D eigenvalue weighted by atomic mass is 10.4. The Morgan fingerprint density at radius 3 is 1.64 bits per heavy atom. The fourth-order valence-electron chi connectivity index (χ4n) is 3.06. The van der Waals surface area contributed by atoms with Crippen molar-refractivity contribution >= 4 is 25.0 Å². The van der Waals surface area contributed by atoms with Crippen LogP contribution < -0.4 is 9.47 Å². The van der Waals surface area contributed by atoms with Gasteiger partial charge in [-0.1, -0.05) is 0 Å². The second-order valence-corrected chi connectivity index (χ2v) is 15.9. The number of hydrogen-bond donors (Lipinski definition) is 1. The van der Waals surface area contributed by atoms with Crippen LogP contribution in [0.25, 0.3) is 0 Å². The van der Waals surface area contributed by atoms with Gasteiger partial charge in [-0.3, -0.25) is 9.13 Å². The molecule has 1 heterocycles. The van der Waals surface area contributed by atoms with E-state index in [0.717, 1.165) is 6.26 Å². The SMILES string of the molecule is CC(C)OP(=O)(COCCOc1cc(OC[C@H](CO)OCP(=O)(OC(C)C)OC(C)C)nc(S(C)(=O)=O)n1)OC(C)C. The van der Waals surface area contributed by atoms with Gasteiger partial charge in [0.1, 0.15) is 32.0 Å². The molecule has 42 heavy (non-hydrogen) atoms. The van der Waals surface area contributed by atoms with Gasteiger partial charge in [0.05, 0.1) is 43.7 Å². The van der Waals surface area contributed by atoms with E-state index in [4.69, 9.17) is 37.0 Å². The van der Waals surface area contributed by atoms with Crippen LogP contribution in [0.2, 0.25) is 0 Å². The van der Waals surface area contributed by atoms with E-state index in [-0.39, 0.29) is 50.1 Å². The van der Waals surface area contributed by atoms with Crippen molar-refractivity contribution in [3.05, 3.63) is 6.07 Å². The van der Waals surface area contributed by atoms with Gasteiger partial charge in [0.25, 0.3) is 5.16 Å². The molecule has 0 bridgehead atoms. The Balaban J connectivity index is 2.86. The minimum atomic E-state index is -3.86. The zero-order valence-corrected chi connectivity index (χ0v) is 28.4. The molecule has 15 nitrogen and oxygen atoms in total. The van der Waals surface area contributed by atoms with Gasteiger partial charge < -0.3 is 42.1 Å². The highest BCUT2D eigenvalue weighted by molar-refractivity contribution is 7.90. The van der Waals surface area contributed by atoms with Crippen LogP contribution in [0.4, 0.5) is 0 Å². The van der Waals surface area contributed by atoms with Crippen LogP contribution in [0.3, 0.4) is 0 Å². The first kappa shape index (κ1) is 38.8. The van der Waals surface area contributed by atoms with E-state index < -0.39 is 61.5 Å². The molecule has 246 valence electrons. The van der Waals surface area contributed by atoms with Gasteiger partial charge >= 0.3 is 15.2 Å². The van der Waals surface area contributed by atoms with Crippen LogP contribution in [-0.4, -0.2) is 99.4 Å². The quantitative estimate of drug-likeness (QED) is 0.106. The number of aliphatic hydroxyl groups excluding tert-OH is 1. The lowest BCUT2D eigenvalue weighted by Crippen LogP contribution is -2.27. The number of hydrogen-bond acceptors (Lipinski definition) is 15. The second-order valence-electron chi connectivity index (χ2n) is 10.2. The van der Waals surface area contributed by atoms with E-state index in [1.165, 1.54) is 6.07 Å². The molecule has 0 aliphatic heterocycles. The zero-order valence-electron chi connectivity index (χ0n) is 25.8. The number of sulfone groups is 1. The fraction of sp³-hybridized carbons (Fsp3) is 0.833. The van der Waals surface area contributed by atoms with Crippen molar-refractivity contribution in [2.75, 3.05) is 45.4 Å². The monoisotopic (exact) mass is 664 g/mol. The number of ether oxygens (including phenoxy) is 4. The molecule has 0 radical (unpaired) electrons. The second kappa shape index (κ2) is 17.9. The summed E-state index contributed by atoms with van der Waals surface area (Å²) in [5.74, 6) is -0.311. The third kappa shape index (κ3) is 16.0. The summed E-state index contributed by atoms with van der Waals surface area (Å²) >= 11 is 0. The van der Waals surface area contributed by atoms with Crippen molar-refractivity contribution in [3.8, 4) is 11.8 Å². The van der Waals surface area contributed by atoms with Crippen molar-refractivity contribution in [3.63, 3.8) is 0 Å². The van der Waals surface area contributed by atoms with Crippen molar-refractivity contribution < 1.29 is 59.7 Å². The van der Waals surface area contributed by atoms with E-state index >= 15 is 0 Å². The number of aromatic nitrogens is 2. The van der Waals surface area contributed by atoms with Crippen molar-refractivity contribution in [1.82, 2.24) is 9.97 Å². The van der Waals surface area contributed by atoms with Crippen LogP contribution >= 0.6 is 15.2 Å². The Hall–Kier alpha value is -1.19. The molecule has 1 atom stereocenters. The molecule has 0 aliphatic carbocycles. The van der Waals surface area contributed by atoms with Gasteiger partial charge in [0.2, 0.25) is 21.6 Å². The maximum absolute atomic E-state index is 13.0. The van der Waals surface area contributed by atoms with Gasteiger partial charge in [0, 0.05) is 6.26 Å². The van der Waals surface area contributed by atoms with Crippen LogP contribution in [0.5, 0.6) is 11.8 Å². The Bertz CT molecular complexity index is 1120. The summed E-state index contributed by atoms with van der Waals surface area (Å²) in [4.78, 5) is 7.78. The molecule has 1 aromatic rings. The predicted molar refractivity (Wildman–Crippen MR) is 154 cm³/mol. The molecule has 0 fully saturated rings. The molecular weight excluding hydrogens is 618 g/mol. The van der Waals surface area contributed by atoms with Crippen LogP contribution in [0.15, 0.2) is 11.2 Å². The molecule has 0 saturated heterocycles. The highest BCUT2D eigenvalue weighted by Gasteiger charge is 2.30. The molecule has 1 aromatic heterocycles. The van der Waals surface area contributed by atoms with E-state index in [9.17, 15) is 22.7 Å². The first-order valence-corrected chi connectivity index (χ1v) is 18.8. The Morgan fingerprint density at radius 2 is 1.21 bits per heavy atom. The molecule has 0 aliphatic rings. The van der Waals surface area contributed by atoms with Gasteiger partial charge in [-0.25, -0.2) is 8.42 Å². The predicted octanol–water partition coefficient (Wildman–Crippen LogP) is 4.03. The summed E-state index contributed by atoms with van der Waals surface area (Å²) in [7, 11) is -11.0. The van der Waals surface area contributed by atoms with E-state index in [0.29, 0.717) is 0 Å². The molecule has 0 amide bonds. The van der Waals surface area contributed by atoms with Crippen LogP contribution in [0, 0.1) is 0 Å². The Labute approximate surface area is 248 Å². The van der Waals surface area contributed by atoms with Gasteiger partial charge in [0.15, 0.2) is 0 Å². The third-order valence-electron chi connectivity index (χ3n) is 4.29. The Morgan fingerprint density at radius 1 is 0.762 bits per heavy atom. The number of rotatable bonds is 22. The highest BCUT2D eigenvalue weighted by atomic mass is 32.2. The fourth-order valence-corrected chi connectivity index (χ4v) is 7.23. The highest BCUT2D eigenvalue weighted by Crippen LogP contribution is 2.51. The van der Waals surface area contributed by atoms with Crippen molar-refractivity contribution in [2.24, 2.45) is 0 Å². The van der Waals surface area contributed by atoms with Crippen LogP contribution in [0.1, 0.15) is 55.4 Å². The maximum atomic E-state index is 13.0. The molecule has 0 spiro atoms. The minimum absolute atomic E-state index is 0.0430. The first-order valence-electron chi connectivity index (χ1n) is 13.4. The van der Waals surface area contributed by atoms with E-state index in [1.807, 2.05) is 0 Å². The zero-order chi connectivity index (χ0) is 32.1. The summed E-state index contributed by atoms with van der Waals surface area (Å²) in [6.45, 7) is 12.8. The van der Waals surface area contributed by atoms with Crippen molar-refractivity contribution in [1.29, 1.82) is 0 Å². The summed E-state index contributed by atoms with van der Waals surface area (Å²) in [6.07, 6.45) is -2.28. The summed E-state index contributed by atoms with van der Waals surface area (Å²) in [5.41, 5.74) is 0. The lowest BCUT2D eigenvalue weighted by molar-refractivity contribution is -0.00627. The molecule has 0 unspecified atom stereocenters. The number of nitrogens with zero attached hydrogens (tertiary/aromatic N) is 2. The lowest BCUT2D eigenvalue weighted by Gasteiger charge is -2.24. The first-order chi connectivity index (χ1) is 19.4. The van der Waals surface area contributed by atoms with Gasteiger partial charge in [-0.05, 0) is 55.4 Å². The molecule has 0 saturated carbocycles. The summed E-state index contributed by atoms with van der Waals surface area (Å²) in [6, 6.07) is 1.24. The largest absolute Gasteiger partial charge is 0.475 e. The van der Waals surface area contributed by atoms with Crippen LogP contribution in [-0.2, 0) is 46.5 Å². The van der Waals surface area contributed by atoms with Crippen molar-refractivity contribution in [2.45, 2.75) is 91.1 Å². The average Bonchev–Trinajstić information content (AvgIpc) is 2.81. The Kier molecular flexibility index (Phi) is 16.6. The summed E-state index contributed by atoms with van der Waals surface area (Å²) < 4.78 is 93.8. The molecular formula is C24H46N2O13P2S. The molecule has 0 aromatic carbocycles. The summed E-state index contributed by atoms with van der Waals surface area (Å²) in [5, 5.41) is 9.18. The average molecular weight is 665 g/mol. The molecule has 1 N–H and O–H groups in total. The minimum Gasteiger partial charge on any atom is -0.475 e. The molecule has 1 rings (SSSR count). The van der Waals surface area contributed by atoms with E-state index in [1.54, 1.807) is 55.4 Å². The van der Waals surface area contributed by atoms with Gasteiger partial charge in [-0.15, -0.1) is 0 Å². The topological polar surface area (TPSA) is 188 Å². The normalized spacial score (nSPS) is 13.9. The molecule has 18 heteroatoms. The standard InChI is InChI=1S/C24H46N2O13P2S/c1-17(2)36-40(28,37-18(3)4)15-32-10-11-33-22-12-23(26-24(25-22)42(9,30)31)34-14-21(13-27)35-16-41(29,38-19(5)6)39-20(7)8/h12,17-21,27H,10-11,13-16H2,1-9H3/t21-/m0/s1. The third-order valence-corrected chi connectivity index (χ3v) is 9.07. The van der Waals surface area contributed by atoms with Gasteiger partial charge in [-0.2, -0.15) is 9.97 Å².